The quantitative estimate of drug-likeness (QED) is 0.776. The van der Waals surface area contributed by atoms with E-state index in [1.165, 1.54) is 6.33 Å². The molecule has 2 heterocycles. The topological polar surface area (TPSA) is 78.4 Å². The van der Waals surface area contributed by atoms with Gasteiger partial charge >= 0.3 is 0 Å². The monoisotopic (exact) mass is 416 g/mol. The first-order chi connectivity index (χ1) is 13.6. The van der Waals surface area contributed by atoms with Crippen LogP contribution in [0, 0.1) is 11.3 Å². The van der Waals surface area contributed by atoms with Crippen LogP contribution in [0.5, 0.6) is 0 Å². The lowest BCUT2D eigenvalue weighted by molar-refractivity contribution is -0.154. The molecule has 0 saturated carbocycles. The molecular formula is C22H29ClN4O2. The molecular weight excluding hydrogens is 388 g/mol. The number of likely N-dealkylation sites (tertiary alicyclic amines) is 1. The zero-order valence-electron chi connectivity index (χ0n) is 17.4. The molecule has 1 aromatic heterocycles. The van der Waals surface area contributed by atoms with Crippen molar-refractivity contribution in [3.63, 3.8) is 0 Å². The number of anilines is 1. The van der Waals surface area contributed by atoms with Crippen LogP contribution >= 0.6 is 11.6 Å². The predicted molar refractivity (Wildman–Crippen MR) is 115 cm³/mol. The number of hydrogen-bond acceptors (Lipinski definition) is 5. The smallest absolute Gasteiger partial charge is 0.245 e. The maximum absolute atomic E-state index is 13.3. The second kappa shape index (κ2) is 8.28. The van der Waals surface area contributed by atoms with Crippen molar-refractivity contribution in [3.05, 3.63) is 53.6 Å². The second-order valence-corrected chi connectivity index (χ2v) is 9.19. The number of rotatable bonds is 5. The van der Waals surface area contributed by atoms with Crippen LogP contribution in [0.4, 0.5) is 5.69 Å². The Morgan fingerprint density at radius 1 is 1.21 bits per heavy atom. The molecule has 7 heteroatoms. The van der Waals surface area contributed by atoms with Gasteiger partial charge in [0.1, 0.15) is 12.4 Å². The molecule has 2 N–H and O–H groups in total. The van der Waals surface area contributed by atoms with Gasteiger partial charge in [-0.05, 0) is 30.0 Å². The van der Waals surface area contributed by atoms with Crippen LogP contribution in [0.3, 0.4) is 0 Å². The molecule has 3 rings (SSSR count). The van der Waals surface area contributed by atoms with Gasteiger partial charge in [-0.25, -0.2) is 9.97 Å². The fourth-order valence-electron chi connectivity index (χ4n) is 4.03. The van der Waals surface area contributed by atoms with Gasteiger partial charge in [0.25, 0.3) is 0 Å². The Bertz CT molecular complexity index is 842. The van der Waals surface area contributed by atoms with E-state index in [9.17, 15) is 9.90 Å². The molecule has 29 heavy (non-hydrogen) atoms. The Morgan fingerprint density at radius 2 is 1.83 bits per heavy atom. The zero-order chi connectivity index (χ0) is 21.2. The van der Waals surface area contributed by atoms with Gasteiger partial charge in [0, 0.05) is 23.5 Å². The van der Waals surface area contributed by atoms with Crippen molar-refractivity contribution < 1.29 is 9.90 Å². The van der Waals surface area contributed by atoms with Crippen molar-refractivity contribution in [1.82, 2.24) is 14.9 Å². The van der Waals surface area contributed by atoms with Crippen LogP contribution in [-0.4, -0.2) is 45.0 Å². The van der Waals surface area contributed by atoms with Gasteiger partial charge in [-0.3, -0.25) is 4.79 Å². The fourth-order valence-corrected chi connectivity index (χ4v) is 4.16. The van der Waals surface area contributed by atoms with E-state index in [0.717, 1.165) is 5.56 Å². The number of nitrogens with zero attached hydrogens (tertiary/aromatic N) is 3. The third-order valence-corrected chi connectivity index (χ3v) is 6.15. The van der Waals surface area contributed by atoms with Gasteiger partial charge in [-0.1, -0.05) is 51.4 Å². The molecule has 1 aliphatic heterocycles. The highest BCUT2D eigenvalue weighted by atomic mass is 35.5. The second-order valence-electron chi connectivity index (χ2n) is 8.75. The largest absolute Gasteiger partial charge is 0.384 e. The van der Waals surface area contributed by atoms with Crippen molar-refractivity contribution in [3.8, 4) is 0 Å². The first-order valence-electron chi connectivity index (χ1n) is 9.93. The molecule has 0 bridgehead atoms. The number of hydrogen-bond donors (Lipinski definition) is 2. The van der Waals surface area contributed by atoms with E-state index in [1.54, 1.807) is 24.5 Å². The number of piperidine rings is 1. The molecule has 0 radical (unpaired) electrons. The van der Waals surface area contributed by atoms with Crippen molar-refractivity contribution in [2.75, 3.05) is 18.4 Å². The molecule has 2 aromatic rings. The maximum Gasteiger partial charge on any atom is 0.245 e. The summed E-state index contributed by atoms with van der Waals surface area (Å²) in [6.07, 6.45) is 5.25. The lowest BCUT2D eigenvalue weighted by Crippen LogP contribution is -2.59. The van der Waals surface area contributed by atoms with Crippen molar-refractivity contribution in [2.24, 2.45) is 11.3 Å². The molecule has 1 amide bonds. The summed E-state index contributed by atoms with van der Waals surface area (Å²) in [5.41, 5.74) is 0.00147. The Hall–Kier alpha value is -2.18. The Kier molecular flexibility index (Phi) is 6.15. The lowest BCUT2D eigenvalue weighted by Gasteiger charge is -2.51. The minimum absolute atomic E-state index is 0.0232. The highest BCUT2D eigenvalue weighted by Crippen LogP contribution is 2.46. The number of carbonyl (C=O) groups excluding carboxylic acids is 1. The van der Waals surface area contributed by atoms with Crippen LogP contribution in [0.2, 0.25) is 5.02 Å². The maximum atomic E-state index is 13.3. The van der Waals surface area contributed by atoms with Gasteiger partial charge in [-0.2, -0.15) is 0 Å². The summed E-state index contributed by atoms with van der Waals surface area (Å²) in [6, 6.07) is 6.94. The molecule has 1 fully saturated rings. The summed E-state index contributed by atoms with van der Waals surface area (Å²) in [5.74, 6) is 0.109. The van der Waals surface area contributed by atoms with Crippen molar-refractivity contribution in [1.29, 1.82) is 0 Å². The summed E-state index contributed by atoms with van der Waals surface area (Å²) in [5, 5.41) is 15.4. The van der Waals surface area contributed by atoms with E-state index in [0.29, 0.717) is 30.2 Å². The number of aliphatic hydroxyl groups is 1. The minimum Gasteiger partial charge on any atom is -0.384 e. The average Bonchev–Trinajstić information content (AvgIpc) is 2.68. The number of carbonyl (C=O) groups is 1. The first-order valence-corrected chi connectivity index (χ1v) is 10.3. The van der Waals surface area contributed by atoms with E-state index in [2.05, 4.69) is 15.3 Å². The van der Waals surface area contributed by atoms with Crippen molar-refractivity contribution >= 4 is 23.2 Å². The van der Waals surface area contributed by atoms with E-state index in [1.807, 2.05) is 44.7 Å². The Morgan fingerprint density at radius 3 is 2.38 bits per heavy atom. The van der Waals surface area contributed by atoms with Crippen LogP contribution in [0.1, 0.15) is 39.7 Å². The van der Waals surface area contributed by atoms with Gasteiger partial charge in [0.2, 0.25) is 5.91 Å². The summed E-state index contributed by atoms with van der Waals surface area (Å²) < 4.78 is 0. The highest BCUT2D eigenvalue weighted by molar-refractivity contribution is 6.30. The Balaban J connectivity index is 1.78. The molecule has 1 aromatic carbocycles. The number of halogens is 1. The van der Waals surface area contributed by atoms with Gasteiger partial charge in [0.05, 0.1) is 23.7 Å². The summed E-state index contributed by atoms with van der Waals surface area (Å²) in [7, 11) is 0. The molecule has 1 aliphatic rings. The molecule has 0 spiro atoms. The van der Waals surface area contributed by atoms with Gasteiger partial charge in [-0.15, -0.1) is 0 Å². The number of aromatic nitrogens is 2. The molecule has 1 saturated heterocycles. The van der Waals surface area contributed by atoms with Crippen LogP contribution < -0.4 is 5.32 Å². The van der Waals surface area contributed by atoms with E-state index in [-0.39, 0.29) is 11.8 Å². The van der Waals surface area contributed by atoms with Gasteiger partial charge in [0.15, 0.2) is 0 Å². The first kappa shape index (κ1) is 21.5. The molecule has 0 unspecified atom stereocenters. The third kappa shape index (κ3) is 4.38. The molecule has 156 valence electrons. The molecule has 0 aliphatic carbocycles. The standard InChI is InChI=1S/C22H29ClN4O2/c1-15(2)19(26-18-11-24-14-25-12-18)20(28)27-10-9-22(29,21(3,4)13-27)16-5-7-17(23)8-6-16/h5-8,11-12,14-15,19,26,29H,9-10,13H2,1-4H3/t19-,22+/m1/s1. The lowest BCUT2D eigenvalue weighted by atomic mass is 9.66. The number of nitrogens with one attached hydrogen (secondary N) is 1. The SMILES string of the molecule is CC(C)[C@@H](Nc1cncnc1)C(=O)N1CC[C@](O)(c2ccc(Cl)cc2)C(C)(C)C1. The van der Waals surface area contributed by atoms with Crippen LogP contribution in [-0.2, 0) is 10.4 Å². The number of benzene rings is 1. The molecule has 6 nitrogen and oxygen atoms in total. The average molecular weight is 417 g/mol. The zero-order valence-corrected chi connectivity index (χ0v) is 18.1. The summed E-state index contributed by atoms with van der Waals surface area (Å²) in [4.78, 5) is 23.2. The van der Waals surface area contributed by atoms with Crippen LogP contribution in [0.15, 0.2) is 43.0 Å². The van der Waals surface area contributed by atoms with Crippen molar-refractivity contribution in [2.45, 2.75) is 45.8 Å². The van der Waals surface area contributed by atoms with E-state index in [4.69, 9.17) is 11.6 Å². The molecule has 2 atom stereocenters. The van der Waals surface area contributed by atoms with E-state index >= 15 is 0 Å². The minimum atomic E-state index is -1.03. The van der Waals surface area contributed by atoms with Crippen LogP contribution in [0.25, 0.3) is 0 Å². The van der Waals surface area contributed by atoms with Gasteiger partial charge < -0.3 is 15.3 Å². The predicted octanol–water partition coefficient (Wildman–Crippen LogP) is 3.71. The van der Waals surface area contributed by atoms with E-state index < -0.39 is 17.1 Å². The third-order valence-electron chi connectivity index (χ3n) is 5.90. The highest BCUT2D eigenvalue weighted by Gasteiger charge is 2.50. The Labute approximate surface area is 177 Å². The summed E-state index contributed by atoms with van der Waals surface area (Å²) in [6.45, 7) is 8.98. The fraction of sp³-hybridized carbons (Fsp3) is 0.500. The summed E-state index contributed by atoms with van der Waals surface area (Å²) >= 11 is 6.01. The number of amides is 1. The normalized spacial score (nSPS) is 22.4.